The van der Waals surface area contributed by atoms with Crippen molar-refractivity contribution in [3.63, 3.8) is 0 Å². The summed E-state index contributed by atoms with van der Waals surface area (Å²) in [6.45, 7) is 0. The van der Waals surface area contributed by atoms with Gasteiger partial charge in [-0.25, -0.2) is 15.0 Å². The summed E-state index contributed by atoms with van der Waals surface area (Å²) in [5.41, 5.74) is 1.14. The lowest BCUT2D eigenvalue weighted by Gasteiger charge is -2.17. The highest BCUT2D eigenvalue weighted by molar-refractivity contribution is 14.1. The number of halogens is 1. The molecule has 2 aromatic heterocycles. The first-order chi connectivity index (χ1) is 11.5. The van der Waals surface area contributed by atoms with Gasteiger partial charge in [-0.15, -0.1) is 11.8 Å². The normalized spacial score (nSPS) is 26.7. The number of hydrogen-bond acceptors (Lipinski definition) is 8. The zero-order valence-corrected chi connectivity index (χ0v) is 15.9. The van der Waals surface area contributed by atoms with Gasteiger partial charge in [-0.3, -0.25) is 9.36 Å². The Morgan fingerprint density at radius 3 is 2.75 bits per heavy atom. The van der Waals surface area contributed by atoms with Gasteiger partial charge >= 0.3 is 0 Å². The van der Waals surface area contributed by atoms with Gasteiger partial charge in [0.05, 0.1) is 10.8 Å². The van der Waals surface area contributed by atoms with Crippen LogP contribution in [-0.2, 0) is 9.22 Å². The van der Waals surface area contributed by atoms with Gasteiger partial charge in [0.25, 0.3) is 0 Å². The highest BCUT2D eigenvalue weighted by atomic mass is 127. The summed E-state index contributed by atoms with van der Waals surface area (Å²) < 4.78 is 2.31. The molecule has 1 fully saturated rings. The summed E-state index contributed by atoms with van der Waals surface area (Å²) in [5, 5.41) is 24.8. The van der Waals surface area contributed by atoms with Crippen LogP contribution in [0.1, 0.15) is 11.2 Å². The van der Waals surface area contributed by atoms with Gasteiger partial charge in [0, 0.05) is 14.1 Å². The second-order valence-electron chi connectivity index (χ2n) is 5.24. The topological polar surface area (TPSA) is 125 Å². The molecule has 1 amide bonds. The van der Waals surface area contributed by atoms with E-state index in [-0.39, 0.29) is 5.91 Å². The molecule has 0 aliphatic carbocycles. The number of thioether (sulfide) groups is 1. The molecule has 4 unspecified atom stereocenters. The molecule has 0 spiro atoms. The molecule has 1 aliphatic rings. The SMILES string of the molecule is CNC(=O)C1SC(n2cnc3c(NC)nc(CI)nc32)C(O)C1O. The number of hydrogen-bond donors (Lipinski definition) is 4. The van der Waals surface area contributed by atoms with Gasteiger partial charge in [-0.1, -0.05) is 22.6 Å². The second kappa shape index (κ2) is 6.98. The van der Waals surface area contributed by atoms with E-state index in [9.17, 15) is 15.0 Å². The standard InChI is InChI=1S/C13H17IN6O3S/c1-15-10-6-11(19-5(3-14)18-10)20(4-17-6)13-8(22)7(21)9(24-13)12(23)16-2/h4,7-9,13,21-22H,3H2,1-2H3,(H,16,23)(H,15,18,19). The molecule has 3 rings (SSSR count). The Bertz CT molecular complexity index is 771. The Hall–Kier alpha value is -1.18. The quantitative estimate of drug-likeness (QED) is 0.365. The number of carbonyl (C=O) groups is 1. The Labute approximate surface area is 155 Å². The largest absolute Gasteiger partial charge is 0.389 e. The zero-order chi connectivity index (χ0) is 17.4. The van der Waals surface area contributed by atoms with Crippen molar-refractivity contribution >= 4 is 57.2 Å². The van der Waals surface area contributed by atoms with Crippen LogP contribution in [0.2, 0.25) is 0 Å². The number of aliphatic hydroxyl groups excluding tert-OH is 2. The average Bonchev–Trinajstić information content (AvgIpc) is 3.15. The summed E-state index contributed by atoms with van der Waals surface area (Å²) in [5.74, 6) is 0.915. The van der Waals surface area contributed by atoms with Crippen LogP contribution in [0.25, 0.3) is 11.2 Å². The third kappa shape index (κ3) is 2.82. The van der Waals surface area contributed by atoms with E-state index in [1.807, 2.05) is 0 Å². The van der Waals surface area contributed by atoms with Crippen LogP contribution in [0.4, 0.5) is 5.82 Å². The first-order valence-corrected chi connectivity index (χ1v) is 9.69. The van der Waals surface area contributed by atoms with E-state index in [4.69, 9.17) is 0 Å². The van der Waals surface area contributed by atoms with Crippen molar-refractivity contribution in [2.24, 2.45) is 0 Å². The van der Waals surface area contributed by atoms with E-state index < -0.39 is 22.8 Å². The van der Waals surface area contributed by atoms with Crippen LogP contribution in [0.5, 0.6) is 0 Å². The molecule has 130 valence electrons. The van der Waals surface area contributed by atoms with E-state index in [2.05, 4.69) is 48.2 Å². The summed E-state index contributed by atoms with van der Waals surface area (Å²) in [4.78, 5) is 25.1. The van der Waals surface area contributed by atoms with E-state index in [1.54, 1.807) is 17.9 Å². The number of nitrogens with zero attached hydrogens (tertiary/aromatic N) is 4. The molecule has 2 aromatic rings. The van der Waals surface area contributed by atoms with Crippen LogP contribution in [0.15, 0.2) is 6.33 Å². The van der Waals surface area contributed by atoms with E-state index >= 15 is 0 Å². The lowest BCUT2D eigenvalue weighted by molar-refractivity contribution is -0.122. The lowest BCUT2D eigenvalue weighted by Crippen LogP contribution is -2.39. The molecule has 0 aromatic carbocycles. The van der Waals surface area contributed by atoms with Gasteiger partial charge in [-0.05, 0) is 0 Å². The fourth-order valence-electron chi connectivity index (χ4n) is 2.63. The summed E-state index contributed by atoms with van der Waals surface area (Å²) in [7, 11) is 3.25. The smallest absolute Gasteiger partial charge is 0.235 e. The van der Waals surface area contributed by atoms with Gasteiger partial charge in [0.2, 0.25) is 5.91 Å². The Balaban J connectivity index is 2.05. The number of aliphatic hydroxyl groups is 2. The number of amides is 1. The molecule has 24 heavy (non-hydrogen) atoms. The van der Waals surface area contributed by atoms with Crippen LogP contribution in [0.3, 0.4) is 0 Å². The van der Waals surface area contributed by atoms with E-state index in [1.165, 1.54) is 18.8 Å². The van der Waals surface area contributed by atoms with Gasteiger partial charge in [-0.2, -0.15) is 0 Å². The van der Waals surface area contributed by atoms with E-state index in [0.29, 0.717) is 27.2 Å². The molecule has 11 heteroatoms. The second-order valence-corrected chi connectivity index (χ2v) is 7.26. The number of carbonyl (C=O) groups excluding carboxylic acids is 1. The number of anilines is 1. The minimum atomic E-state index is -1.16. The number of fused-ring (bicyclic) bond motifs is 1. The predicted octanol–water partition coefficient (Wildman–Crippen LogP) is -0.115. The molecule has 0 radical (unpaired) electrons. The van der Waals surface area contributed by atoms with Crippen LogP contribution in [-0.4, -0.2) is 67.2 Å². The third-order valence-corrected chi connectivity index (χ3v) is 6.09. The molecule has 0 bridgehead atoms. The van der Waals surface area contributed by atoms with E-state index in [0.717, 1.165) is 0 Å². The number of alkyl halides is 1. The zero-order valence-electron chi connectivity index (χ0n) is 13.0. The number of aromatic nitrogens is 4. The molecular weight excluding hydrogens is 447 g/mol. The minimum absolute atomic E-state index is 0.322. The number of rotatable bonds is 4. The summed E-state index contributed by atoms with van der Waals surface area (Å²) in [6, 6.07) is 0. The van der Waals surface area contributed by atoms with Crippen molar-refractivity contribution < 1.29 is 15.0 Å². The molecule has 3 heterocycles. The molecule has 4 atom stereocenters. The molecule has 0 saturated carbocycles. The first kappa shape index (κ1) is 17.6. The van der Waals surface area contributed by atoms with Crippen molar-refractivity contribution in [3.05, 3.63) is 12.2 Å². The van der Waals surface area contributed by atoms with Crippen molar-refractivity contribution in [2.45, 2.75) is 27.3 Å². The maximum absolute atomic E-state index is 11.9. The van der Waals surface area contributed by atoms with Crippen LogP contribution < -0.4 is 10.6 Å². The summed E-state index contributed by atoms with van der Waals surface area (Å²) in [6.07, 6.45) is -0.713. The molecule has 9 nitrogen and oxygen atoms in total. The average molecular weight is 464 g/mol. The van der Waals surface area contributed by atoms with Crippen molar-refractivity contribution in [3.8, 4) is 0 Å². The fraction of sp³-hybridized carbons (Fsp3) is 0.538. The molecule has 1 aliphatic heterocycles. The molecular formula is C13H17IN6O3S. The fourth-order valence-corrected chi connectivity index (χ4v) is 4.44. The van der Waals surface area contributed by atoms with Crippen molar-refractivity contribution in [2.75, 3.05) is 19.4 Å². The van der Waals surface area contributed by atoms with Gasteiger partial charge in [0.15, 0.2) is 11.5 Å². The number of nitrogens with one attached hydrogen (secondary N) is 2. The maximum Gasteiger partial charge on any atom is 0.235 e. The summed E-state index contributed by atoms with van der Waals surface area (Å²) >= 11 is 3.36. The van der Waals surface area contributed by atoms with Crippen molar-refractivity contribution in [1.29, 1.82) is 0 Å². The monoisotopic (exact) mass is 464 g/mol. The highest BCUT2D eigenvalue weighted by Gasteiger charge is 2.47. The predicted molar refractivity (Wildman–Crippen MR) is 99.1 cm³/mol. The number of imidazole rings is 1. The first-order valence-electron chi connectivity index (χ1n) is 7.22. The van der Waals surface area contributed by atoms with Gasteiger partial charge in [0.1, 0.15) is 34.2 Å². The Kier molecular flexibility index (Phi) is 5.13. The lowest BCUT2D eigenvalue weighted by atomic mass is 10.1. The molecule has 1 saturated heterocycles. The van der Waals surface area contributed by atoms with Gasteiger partial charge < -0.3 is 20.8 Å². The Morgan fingerprint density at radius 1 is 1.38 bits per heavy atom. The minimum Gasteiger partial charge on any atom is -0.389 e. The van der Waals surface area contributed by atoms with Crippen LogP contribution >= 0.6 is 34.4 Å². The molecule has 4 N–H and O–H groups in total. The Morgan fingerprint density at radius 2 is 2.12 bits per heavy atom. The third-order valence-electron chi connectivity index (χ3n) is 3.84. The maximum atomic E-state index is 11.9. The highest BCUT2D eigenvalue weighted by Crippen LogP contribution is 2.43. The van der Waals surface area contributed by atoms with Crippen LogP contribution in [0, 0.1) is 0 Å². The van der Waals surface area contributed by atoms with Crippen molar-refractivity contribution in [1.82, 2.24) is 24.8 Å².